The molecule has 0 spiro atoms. The van der Waals surface area contributed by atoms with Crippen molar-refractivity contribution in [3.63, 3.8) is 0 Å². The van der Waals surface area contributed by atoms with E-state index in [2.05, 4.69) is 25.7 Å². The van der Waals surface area contributed by atoms with Crippen LogP contribution >= 0.6 is 24.0 Å². The number of para-hydroxylation sites is 1. The fourth-order valence-electron chi connectivity index (χ4n) is 2.98. The van der Waals surface area contributed by atoms with Crippen LogP contribution in [0.4, 0.5) is 4.39 Å². The van der Waals surface area contributed by atoms with Gasteiger partial charge in [0.2, 0.25) is 0 Å². The molecule has 1 aromatic heterocycles. The summed E-state index contributed by atoms with van der Waals surface area (Å²) in [6.45, 7) is 5.07. The Bertz CT molecular complexity index is 781. The fraction of sp³-hybridized carbons (Fsp3) is 0.500. The van der Waals surface area contributed by atoms with E-state index in [0.717, 1.165) is 31.0 Å². The number of fused-ring (bicyclic) bond motifs is 1. The van der Waals surface area contributed by atoms with Gasteiger partial charge < -0.3 is 15.4 Å². The Morgan fingerprint density at radius 1 is 1.44 bits per heavy atom. The van der Waals surface area contributed by atoms with Gasteiger partial charge in [0.05, 0.1) is 13.1 Å². The first-order chi connectivity index (χ1) is 12.5. The number of hydrogen-bond acceptors (Lipinski definition) is 4. The molecule has 7 nitrogen and oxygen atoms in total. The highest BCUT2D eigenvalue weighted by atomic mass is 127. The van der Waals surface area contributed by atoms with Crippen LogP contribution in [0.1, 0.15) is 25.0 Å². The van der Waals surface area contributed by atoms with Gasteiger partial charge in [-0.2, -0.15) is 5.10 Å². The van der Waals surface area contributed by atoms with Gasteiger partial charge in [-0.15, -0.1) is 24.0 Å². The Hall–Kier alpha value is -1.91. The first-order valence-electron chi connectivity index (χ1n) is 8.84. The van der Waals surface area contributed by atoms with Crippen LogP contribution in [0.15, 0.2) is 29.3 Å². The number of aryl methyl sites for hydroxylation is 2. The molecule has 0 radical (unpaired) electrons. The number of guanidine groups is 1. The van der Waals surface area contributed by atoms with E-state index in [4.69, 9.17) is 4.74 Å². The first-order valence-corrected chi connectivity index (χ1v) is 8.84. The Morgan fingerprint density at radius 2 is 2.22 bits per heavy atom. The molecule has 2 heterocycles. The predicted octanol–water partition coefficient (Wildman–Crippen LogP) is 2.29. The van der Waals surface area contributed by atoms with Crippen LogP contribution in [-0.4, -0.2) is 46.5 Å². The molecule has 2 N–H and O–H groups in total. The molecule has 0 saturated carbocycles. The maximum absolute atomic E-state index is 13.7. The molecule has 0 amide bonds. The summed E-state index contributed by atoms with van der Waals surface area (Å²) in [5, 5.41) is 11.1. The molecular formula is C18H26FIN6O. The van der Waals surface area contributed by atoms with Crippen molar-refractivity contribution in [2.75, 3.05) is 13.6 Å². The average Bonchev–Trinajstić information content (AvgIpc) is 2.99. The van der Waals surface area contributed by atoms with Gasteiger partial charge >= 0.3 is 0 Å². The number of hydrogen-bond donors (Lipinski definition) is 2. The Balaban J connectivity index is 0.00000261. The summed E-state index contributed by atoms with van der Waals surface area (Å²) in [7, 11) is 1.73. The third-order valence-corrected chi connectivity index (χ3v) is 4.25. The van der Waals surface area contributed by atoms with Crippen molar-refractivity contribution in [3.8, 4) is 5.75 Å². The Kier molecular flexibility index (Phi) is 7.81. The molecule has 0 fully saturated rings. The molecule has 148 valence electrons. The van der Waals surface area contributed by atoms with Crippen molar-refractivity contribution < 1.29 is 9.13 Å². The smallest absolute Gasteiger partial charge is 0.191 e. The maximum atomic E-state index is 13.7. The van der Waals surface area contributed by atoms with Gasteiger partial charge in [0.1, 0.15) is 17.8 Å². The zero-order chi connectivity index (χ0) is 18.5. The summed E-state index contributed by atoms with van der Waals surface area (Å²) in [5.74, 6) is 2.44. The number of benzene rings is 1. The Morgan fingerprint density at radius 3 is 2.96 bits per heavy atom. The number of nitrogens with one attached hydrogen (secondary N) is 2. The van der Waals surface area contributed by atoms with E-state index >= 15 is 0 Å². The minimum atomic E-state index is -0.358. The van der Waals surface area contributed by atoms with E-state index in [-0.39, 0.29) is 47.7 Å². The van der Waals surface area contributed by atoms with E-state index in [1.165, 1.54) is 6.07 Å². The number of rotatable bonds is 5. The lowest BCUT2D eigenvalue weighted by Crippen LogP contribution is -2.48. The van der Waals surface area contributed by atoms with E-state index in [1.807, 2.05) is 18.5 Å². The lowest BCUT2D eigenvalue weighted by atomic mass is 10.1. The van der Waals surface area contributed by atoms with Gasteiger partial charge in [0, 0.05) is 19.5 Å². The van der Waals surface area contributed by atoms with Crippen molar-refractivity contribution in [1.29, 1.82) is 0 Å². The minimum Gasteiger partial charge on any atom is -0.486 e. The van der Waals surface area contributed by atoms with Gasteiger partial charge in [0.15, 0.2) is 17.5 Å². The predicted molar refractivity (Wildman–Crippen MR) is 113 cm³/mol. The molecule has 1 aromatic carbocycles. The topological polar surface area (TPSA) is 76.4 Å². The summed E-state index contributed by atoms with van der Waals surface area (Å²) >= 11 is 0. The van der Waals surface area contributed by atoms with E-state index in [0.29, 0.717) is 12.5 Å². The van der Waals surface area contributed by atoms with Crippen LogP contribution < -0.4 is 15.4 Å². The monoisotopic (exact) mass is 488 g/mol. The third-order valence-electron chi connectivity index (χ3n) is 4.25. The minimum absolute atomic E-state index is 0. The molecule has 2 unspecified atom stereocenters. The van der Waals surface area contributed by atoms with Gasteiger partial charge in [0.25, 0.3) is 0 Å². The molecule has 3 rings (SSSR count). The van der Waals surface area contributed by atoms with E-state index in [1.54, 1.807) is 25.2 Å². The van der Waals surface area contributed by atoms with Crippen LogP contribution in [0.25, 0.3) is 0 Å². The molecule has 1 aliphatic rings. The SMILES string of the molecule is CN=C(NCC(C)Oc1ccccc1F)NC1CCc2nc(C)nn2C1.I. The maximum Gasteiger partial charge on any atom is 0.191 e. The van der Waals surface area contributed by atoms with Gasteiger partial charge in [-0.05, 0) is 32.4 Å². The number of halogens is 2. The summed E-state index contributed by atoms with van der Waals surface area (Å²) in [6.07, 6.45) is 1.66. The molecule has 1 aliphatic heterocycles. The summed E-state index contributed by atoms with van der Waals surface area (Å²) in [6, 6.07) is 6.64. The second-order valence-electron chi connectivity index (χ2n) is 6.45. The highest BCUT2D eigenvalue weighted by Crippen LogP contribution is 2.17. The number of aromatic nitrogens is 3. The molecule has 0 saturated heterocycles. The largest absolute Gasteiger partial charge is 0.486 e. The highest BCUT2D eigenvalue weighted by Gasteiger charge is 2.21. The van der Waals surface area contributed by atoms with Crippen LogP contribution in [-0.2, 0) is 13.0 Å². The van der Waals surface area contributed by atoms with Crippen molar-refractivity contribution in [2.24, 2.45) is 4.99 Å². The van der Waals surface area contributed by atoms with E-state index in [9.17, 15) is 4.39 Å². The molecule has 9 heteroatoms. The average molecular weight is 488 g/mol. The van der Waals surface area contributed by atoms with Crippen LogP contribution in [0.3, 0.4) is 0 Å². The standard InChI is InChI=1S/C18H25FN6O.HI/c1-12(26-16-7-5-4-6-15(16)19)10-21-18(20-3)23-14-8-9-17-22-13(2)24-25(17)11-14;/h4-7,12,14H,8-11H2,1-3H3,(H2,20,21,23);1H. The van der Waals surface area contributed by atoms with Crippen molar-refractivity contribution >= 4 is 29.9 Å². The lowest BCUT2D eigenvalue weighted by molar-refractivity contribution is 0.213. The van der Waals surface area contributed by atoms with Crippen molar-refractivity contribution in [1.82, 2.24) is 25.4 Å². The van der Waals surface area contributed by atoms with Gasteiger partial charge in [-0.1, -0.05) is 12.1 Å². The highest BCUT2D eigenvalue weighted by molar-refractivity contribution is 14.0. The molecule has 2 atom stereocenters. The van der Waals surface area contributed by atoms with Crippen LogP contribution in [0, 0.1) is 12.7 Å². The third kappa shape index (κ3) is 5.78. The molecule has 0 aliphatic carbocycles. The Labute approximate surface area is 175 Å². The number of nitrogens with zero attached hydrogens (tertiary/aromatic N) is 4. The molecule has 2 aromatic rings. The second kappa shape index (κ2) is 9.86. The van der Waals surface area contributed by atoms with Crippen LogP contribution in [0.2, 0.25) is 0 Å². The normalized spacial score (nSPS) is 17.5. The van der Waals surface area contributed by atoms with Crippen LogP contribution in [0.5, 0.6) is 5.75 Å². The molecular weight excluding hydrogens is 462 g/mol. The summed E-state index contributed by atoms with van der Waals surface area (Å²) in [4.78, 5) is 8.68. The quantitative estimate of drug-likeness (QED) is 0.384. The molecule has 0 bridgehead atoms. The lowest BCUT2D eigenvalue weighted by Gasteiger charge is -2.26. The van der Waals surface area contributed by atoms with Crippen molar-refractivity contribution in [3.05, 3.63) is 41.7 Å². The van der Waals surface area contributed by atoms with Gasteiger partial charge in [-0.25, -0.2) is 14.1 Å². The molecule has 27 heavy (non-hydrogen) atoms. The fourth-order valence-corrected chi connectivity index (χ4v) is 2.98. The summed E-state index contributed by atoms with van der Waals surface area (Å²) in [5.41, 5.74) is 0. The van der Waals surface area contributed by atoms with Crippen molar-refractivity contribution in [2.45, 2.75) is 45.4 Å². The van der Waals surface area contributed by atoms with Gasteiger partial charge in [-0.3, -0.25) is 4.99 Å². The van der Waals surface area contributed by atoms with E-state index < -0.39 is 0 Å². The zero-order valence-electron chi connectivity index (χ0n) is 15.8. The zero-order valence-corrected chi connectivity index (χ0v) is 18.1. The number of ether oxygens (including phenoxy) is 1. The first kappa shape index (κ1) is 21.4. The summed E-state index contributed by atoms with van der Waals surface area (Å²) < 4.78 is 21.2. The number of aliphatic imine (C=N–C) groups is 1. The second-order valence-corrected chi connectivity index (χ2v) is 6.45.